The molecule has 0 N–H and O–H groups in total. The molecular formula is C17H32N2. The highest BCUT2D eigenvalue weighted by molar-refractivity contribution is 5.18. The van der Waals surface area contributed by atoms with E-state index in [0.717, 1.165) is 18.0 Å². The maximum absolute atomic E-state index is 2.82. The van der Waals surface area contributed by atoms with E-state index in [1.165, 1.54) is 45.2 Å². The first-order chi connectivity index (χ1) is 8.82. The smallest absolute Gasteiger partial charge is 0.0167 e. The third kappa shape index (κ3) is 2.47. The molecule has 0 aromatic carbocycles. The van der Waals surface area contributed by atoms with Gasteiger partial charge in [-0.05, 0) is 91.3 Å². The van der Waals surface area contributed by atoms with Crippen molar-refractivity contribution in [1.29, 1.82) is 0 Å². The van der Waals surface area contributed by atoms with Gasteiger partial charge in [0, 0.05) is 17.6 Å². The summed E-state index contributed by atoms with van der Waals surface area (Å²) in [4.78, 5) is 5.32. The molecule has 110 valence electrons. The number of hydrogen-bond donors (Lipinski definition) is 0. The quantitative estimate of drug-likeness (QED) is 0.754. The van der Waals surface area contributed by atoms with Gasteiger partial charge in [0.25, 0.3) is 0 Å². The minimum atomic E-state index is 0.356. The van der Waals surface area contributed by atoms with Crippen molar-refractivity contribution in [2.45, 2.75) is 77.4 Å². The Kier molecular flexibility index (Phi) is 3.26. The summed E-state index contributed by atoms with van der Waals surface area (Å²) in [6, 6.07) is 1.70. The molecule has 3 atom stereocenters. The molecule has 3 aliphatic rings. The van der Waals surface area contributed by atoms with Gasteiger partial charge >= 0.3 is 0 Å². The molecule has 2 nitrogen and oxygen atoms in total. The van der Waals surface area contributed by atoms with Crippen molar-refractivity contribution in [3.63, 3.8) is 0 Å². The highest BCUT2D eigenvalue weighted by atomic mass is 15.3. The van der Waals surface area contributed by atoms with Crippen molar-refractivity contribution < 1.29 is 0 Å². The third-order valence-corrected chi connectivity index (χ3v) is 5.97. The van der Waals surface area contributed by atoms with Crippen LogP contribution in [0.15, 0.2) is 0 Å². The lowest BCUT2D eigenvalue weighted by Gasteiger charge is -2.37. The zero-order chi connectivity index (χ0) is 13.8. The lowest BCUT2D eigenvalue weighted by molar-refractivity contribution is 0.104. The second-order valence-electron chi connectivity index (χ2n) is 8.66. The summed E-state index contributed by atoms with van der Waals surface area (Å²) in [5.41, 5.74) is 1.07. The van der Waals surface area contributed by atoms with Gasteiger partial charge in [-0.15, -0.1) is 0 Å². The van der Waals surface area contributed by atoms with Crippen LogP contribution in [0.4, 0.5) is 0 Å². The molecule has 1 saturated carbocycles. The summed E-state index contributed by atoms with van der Waals surface area (Å²) in [7, 11) is 2.27. The third-order valence-electron chi connectivity index (χ3n) is 5.97. The maximum Gasteiger partial charge on any atom is 0.0167 e. The Morgan fingerprint density at radius 1 is 1.11 bits per heavy atom. The van der Waals surface area contributed by atoms with Crippen LogP contribution in [0.5, 0.6) is 0 Å². The van der Waals surface area contributed by atoms with Gasteiger partial charge in [-0.3, -0.25) is 4.90 Å². The van der Waals surface area contributed by atoms with Crippen molar-refractivity contribution in [3.05, 3.63) is 0 Å². The van der Waals surface area contributed by atoms with E-state index >= 15 is 0 Å². The van der Waals surface area contributed by atoms with Crippen molar-refractivity contribution >= 4 is 0 Å². The van der Waals surface area contributed by atoms with E-state index in [-0.39, 0.29) is 0 Å². The Morgan fingerprint density at radius 2 is 1.74 bits per heavy atom. The van der Waals surface area contributed by atoms with Gasteiger partial charge in [-0.2, -0.15) is 0 Å². The van der Waals surface area contributed by atoms with Gasteiger partial charge in [-0.25, -0.2) is 0 Å². The minimum absolute atomic E-state index is 0.356. The zero-order valence-corrected chi connectivity index (χ0v) is 13.6. The monoisotopic (exact) mass is 264 g/mol. The first-order valence-corrected chi connectivity index (χ1v) is 8.29. The van der Waals surface area contributed by atoms with E-state index in [1.807, 2.05) is 0 Å². The largest absolute Gasteiger partial charge is 0.306 e. The number of fused-ring (bicyclic) bond motifs is 1. The number of piperidine rings is 2. The van der Waals surface area contributed by atoms with E-state index in [4.69, 9.17) is 0 Å². The first kappa shape index (κ1) is 13.9. The summed E-state index contributed by atoms with van der Waals surface area (Å²) < 4.78 is 0. The number of nitrogens with zero attached hydrogens (tertiary/aromatic N) is 2. The van der Waals surface area contributed by atoms with Crippen LogP contribution in [-0.2, 0) is 0 Å². The van der Waals surface area contributed by atoms with Crippen LogP contribution in [0, 0.1) is 11.3 Å². The molecule has 2 heterocycles. The molecule has 0 aromatic rings. The zero-order valence-electron chi connectivity index (χ0n) is 13.6. The second-order valence-corrected chi connectivity index (χ2v) is 8.66. The Balaban J connectivity index is 1.62. The Labute approximate surface area is 119 Å². The highest BCUT2D eigenvalue weighted by Gasteiger charge is 2.65. The maximum atomic E-state index is 2.82. The standard InChI is InChI=1S/C17H32N2/c1-13-10-17(11-14-6-8-18(5)9-7-14)12-15(17)19(13)16(2,3)4/h13-15H,6-12H2,1-5H3/t13-,15?,17-/m1/s1. The lowest BCUT2D eigenvalue weighted by atomic mass is 9.83. The summed E-state index contributed by atoms with van der Waals surface area (Å²) in [6.07, 6.45) is 7.34. The number of likely N-dealkylation sites (tertiary alicyclic amines) is 2. The topological polar surface area (TPSA) is 6.48 Å². The van der Waals surface area contributed by atoms with Gasteiger partial charge in [0.2, 0.25) is 0 Å². The molecule has 2 saturated heterocycles. The minimum Gasteiger partial charge on any atom is -0.306 e. The molecule has 1 unspecified atom stereocenters. The van der Waals surface area contributed by atoms with E-state index < -0.39 is 0 Å². The average Bonchev–Trinajstić information content (AvgIpc) is 2.85. The molecule has 3 rings (SSSR count). The van der Waals surface area contributed by atoms with Crippen LogP contribution in [-0.4, -0.2) is 47.6 Å². The fraction of sp³-hybridized carbons (Fsp3) is 1.00. The van der Waals surface area contributed by atoms with E-state index in [9.17, 15) is 0 Å². The molecule has 0 radical (unpaired) electrons. The predicted molar refractivity (Wildman–Crippen MR) is 81.3 cm³/mol. The number of hydrogen-bond acceptors (Lipinski definition) is 2. The Hall–Kier alpha value is -0.0800. The molecule has 1 aliphatic carbocycles. The van der Waals surface area contributed by atoms with Crippen molar-refractivity contribution in [2.75, 3.05) is 20.1 Å². The van der Waals surface area contributed by atoms with Gasteiger partial charge in [0.05, 0.1) is 0 Å². The highest BCUT2D eigenvalue weighted by Crippen LogP contribution is 2.64. The summed E-state index contributed by atoms with van der Waals surface area (Å²) >= 11 is 0. The number of rotatable bonds is 2. The summed E-state index contributed by atoms with van der Waals surface area (Å²) in [5, 5.41) is 0. The molecule has 2 aliphatic heterocycles. The van der Waals surface area contributed by atoms with Crippen LogP contribution in [0.25, 0.3) is 0 Å². The molecule has 19 heavy (non-hydrogen) atoms. The molecule has 2 heteroatoms. The second kappa shape index (κ2) is 4.46. The van der Waals surface area contributed by atoms with Crippen molar-refractivity contribution in [2.24, 2.45) is 11.3 Å². The van der Waals surface area contributed by atoms with Crippen LogP contribution in [0.3, 0.4) is 0 Å². The van der Waals surface area contributed by atoms with Crippen LogP contribution in [0.2, 0.25) is 0 Å². The van der Waals surface area contributed by atoms with Gasteiger partial charge < -0.3 is 4.90 Å². The lowest BCUT2D eigenvalue weighted by Crippen LogP contribution is -2.45. The molecule has 0 aromatic heterocycles. The molecule has 0 spiro atoms. The molecular weight excluding hydrogens is 232 g/mol. The van der Waals surface area contributed by atoms with Gasteiger partial charge in [0.15, 0.2) is 0 Å². The fourth-order valence-electron chi connectivity index (χ4n) is 5.21. The molecule has 0 amide bonds. The predicted octanol–water partition coefficient (Wildman–Crippen LogP) is 3.37. The summed E-state index contributed by atoms with van der Waals surface area (Å²) in [6.45, 7) is 12.3. The summed E-state index contributed by atoms with van der Waals surface area (Å²) in [5.74, 6) is 1.01. The first-order valence-electron chi connectivity index (χ1n) is 8.29. The Bertz CT molecular complexity index is 338. The normalized spacial score (nSPS) is 41.5. The van der Waals surface area contributed by atoms with Gasteiger partial charge in [0.1, 0.15) is 0 Å². The molecule has 0 bridgehead atoms. The SMILES string of the molecule is C[C@@H]1C[C@@]2(CC3CCN(C)CC3)CC2N1C(C)(C)C. The van der Waals surface area contributed by atoms with Crippen LogP contribution >= 0.6 is 0 Å². The van der Waals surface area contributed by atoms with E-state index in [1.54, 1.807) is 0 Å². The van der Waals surface area contributed by atoms with Gasteiger partial charge in [-0.1, -0.05) is 0 Å². The average molecular weight is 264 g/mol. The van der Waals surface area contributed by atoms with E-state index in [2.05, 4.69) is 44.5 Å². The van der Waals surface area contributed by atoms with Crippen LogP contribution < -0.4 is 0 Å². The van der Waals surface area contributed by atoms with E-state index in [0.29, 0.717) is 11.0 Å². The molecule has 3 fully saturated rings. The Morgan fingerprint density at radius 3 is 2.26 bits per heavy atom. The van der Waals surface area contributed by atoms with Crippen LogP contribution in [0.1, 0.15) is 59.8 Å². The van der Waals surface area contributed by atoms with Crippen molar-refractivity contribution in [3.8, 4) is 0 Å². The fourth-order valence-corrected chi connectivity index (χ4v) is 5.21. The van der Waals surface area contributed by atoms with Crippen molar-refractivity contribution in [1.82, 2.24) is 9.80 Å².